The fourth-order valence-electron chi connectivity index (χ4n) is 1.76. The number of imidazole rings is 1. The van der Waals surface area contributed by atoms with Crippen molar-refractivity contribution in [3.8, 4) is 0 Å². The molecule has 2 rings (SSSR count). The summed E-state index contributed by atoms with van der Waals surface area (Å²) in [6.45, 7) is 4.33. The van der Waals surface area contributed by atoms with E-state index >= 15 is 0 Å². The van der Waals surface area contributed by atoms with Crippen LogP contribution in [0.25, 0.3) is 0 Å². The Balaban J connectivity index is 1.87. The van der Waals surface area contributed by atoms with E-state index < -0.39 is 0 Å². The van der Waals surface area contributed by atoms with Crippen molar-refractivity contribution in [3.63, 3.8) is 0 Å². The van der Waals surface area contributed by atoms with Gasteiger partial charge in [0, 0.05) is 25.5 Å². The quantitative estimate of drug-likeness (QED) is 0.859. The lowest BCUT2D eigenvalue weighted by molar-refractivity contribution is 0.602. The molecule has 0 atom stereocenters. The molecule has 0 bridgehead atoms. The molecule has 0 aliphatic rings. The molecular formula is C13H16FN3. The lowest BCUT2D eigenvalue weighted by Crippen LogP contribution is -2.16. The minimum atomic E-state index is -0.195. The Hall–Kier alpha value is -1.68. The first kappa shape index (κ1) is 11.8. The molecule has 0 aliphatic heterocycles. The number of hydrogen-bond acceptors (Lipinski definition) is 2. The van der Waals surface area contributed by atoms with Crippen molar-refractivity contribution in [1.29, 1.82) is 0 Å². The molecule has 0 amide bonds. The predicted molar refractivity (Wildman–Crippen MR) is 64.8 cm³/mol. The number of aromatic nitrogens is 2. The summed E-state index contributed by atoms with van der Waals surface area (Å²) in [5.41, 5.74) is 0.944. The molecule has 1 N–H and O–H groups in total. The van der Waals surface area contributed by atoms with Gasteiger partial charge in [0.25, 0.3) is 0 Å². The number of aryl methyl sites for hydroxylation is 1. The van der Waals surface area contributed by atoms with Gasteiger partial charge in [0.05, 0.1) is 6.54 Å². The molecule has 2 aromatic rings. The lowest BCUT2D eigenvalue weighted by Gasteiger charge is -2.06. The third-order valence-corrected chi connectivity index (χ3v) is 2.64. The van der Waals surface area contributed by atoms with Crippen LogP contribution in [0.3, 0.4) is 0 Å². The van der Waals surface area contributed by atoms with Crippen LogP contribution in [-0.4, -0.2) is 9.55 Å². The smallest absolute Gasteiger partial charge is 0.123 e. The highest BCUT2D eigenvalue weighted by Crippen LogP contribution is 2.03. The third-order valence-electron chi connectivity index (χ3n) is 2.64. The first-order valence-corrected chi connectivity index (χ1v) is 5.74. The molecule has 90 valence electrons. The summed E-state index contributed by atoms with van der Waals surface area (Å²) in [4.78, 5) is 4.26. The van der Waals surface area contributed by atoms with Gasteiger partial charge in [-0.05, 0) is 24.6 Å². The highest BCUT2D eigenvalue weighted by atomic mass is 19.1. The number of hydrogen-bond donors (Lipinski definition) is 1. The van der Waals surface area contributed by atoms with Crippen molar-refractivity contribution in [2.45, 2.75) is 26.6 Å². The summed E-state index contributed by atoms with van der Waals surface area (Å²) >= 11 is 0. The number of nitrogens with one attached hydrogen (secondary N) is 1. The standard InChI is InChI=1S/C13H16FN3/c1-2-17-7-6-16-13(17)10-15-9-11-4-3-5-12(14)8-11/h3-8,15H,2,9-10H2,1H3. The Bertz CT molecular complexity index is 479. The summed E-state index contributed by atoms with van der Waals surface area (Å²) < 4.78 is 15.0. The summed E-state index contributed by atoms with van der Waals surface area (Å²) in [6, 6.07) is 6.62. The van der Waals surface area contributed by atoms with Crippen LogP contribution in [0.4, 0.5) is 4.39 Å². The average Bonchev–Trinajstić information content (AvgIpc) is 2.77. The van der Waals surface area contributed by atoms with Crippen LogP contribution in [0.2, 0.25) is 0 Å². The van der Waals surface area contributed by atoms with Gasteiger partial charge in [-0.15, -0.1) is 0 Å². The van der Waals surface area contributed by atoms with E-state index in [9.17, 15) is 4.39 Å². The van der Waals surface area contributed by atoms with E-state index in [1.165, 1.54) is 6.07 Å². The SMILES string of the molecule is CCn1ccnc1CNCc1cccc(F)c1. The van der Waals surface area contributed by atoms with Gasteiger partial charge >= 0.3 is 0 Å². The molecule has 0 radical (unpaired) electrons. The monoisotopic (exact) mass is 233 g/mol. The Labute approximate surface area is 100 Å². The minimum absolute atomic E-state index is 0.195. The fourth-order valence-corrected chi connectivity index (χ4v) is 1.76. The molecule has 3 nitrogen and oxygen atoms in total. The van der Waals surface area contributed by atoms with Crippen molar-refractivity contribution in [3.05, 3.63) is 53.9 Å². The predicted octanol–water partition coefficient (Wildman–Crippen LogP) is 2.33. The van der Waals surface area contributed by atoms with E-state index in [2.05, 4.69) is 21.8 Å². The van der Waals surface area contributed by atoms with Crippen LogP contribution in [0.5, 0.6) is 0 Å². The van der Waals surface area contributed by atoms with Crippen LogP contribution in [0, 0.1) is 5.82 Å². The Morgan fingerprint density at radius 1 is 1.35 bits per heavy atom. The summed E-state index contributed by atoms with van der Waals surface area (Å²) in [7, 11) is 0. The molecule has 0 aliphatic carbocycles. The van der Waals surface area contributed by atoms with Crippen LogP contribution in [0.15, 0.2) is 36.7 Å². The topological polar surface area (TPSA) is 29.9 Å². The fraction of sp³-hybridized carbons (Fsp3) is 0.308. The minimum Gasteiger partial charge on any atom is -0.334 e. The van der Waals surface area contributed by atoms with Gasteiger partial charge in [-0.2, -0.15) is 0 Å². The van der Waals surface area contributed by atoms with E-state index in [-0.39, 0.29) is 5.82 Å². The van der Waals surface area contributed by atoms with Crippen molar-refractivity contribution in [1.82, 2.24) is 14.9 Å². The Kier molecular flexibility index (Phi) is 3.88. The van der Waals surface area contributed by atoms with Gasteiger partial charge < -0.3 is 9.88 Å². The molecule has 0 unspecified atom stereocenters. The molecule has 0 fully saturated rings. The highest BCUT2D eigenvalue weighted by molar-refractivity contribution is 5.16. The molecule has 1 aromatic carbocycles. The van der Waals surface area contributed by atoms with Gasteiger partial charge in [0.15, 0.2) is 0 Å². The van der Waals surface area contributed by atoms with Crippen LogP contribution >= 0.6 is 0 Å². The van der Waals surface area contributed by atoms with E-state index in [1.54, 1.807) is 18.3 Å². The van der Waals surface area contributed by atoms with Gasteiger partial charge in [0.2, 0.25) is 0 Å². The van der Waals surface area contributed by atoms with Crippen molar-refractivity contribution in [2.24, 2.45) is 0 Å². The normalized spacial score (nSPS) is 10.7. The molecule has 1 heterocycles. The Morgan fingerprint density at radius 2 is 2.24 bits per heavy atom. The van der Waals surface area contributed by atoms with E-state index in [4.69, 9.17) is 0 Å². The van der Waals surface area contributed by atoms with Crippen molar-refractivity contribution in [2.75, 3.05) is 0 Å². The second-order valence-electron chi connectivity index (χ2n) is 3.86. The van der Waals surface area contributed by atoms with E-state index in [0.717, 1.165) is 17.9 Å². The van der Waals surface area contributed by atoms with Gasteiger partial charge in [-0.1, -0.05) is 12.1 Å². The maximum Gasteiger partial charge on any atom is 0.123 e. The maximum atomic E-state index is 12.9. The van der Waals surface area contributed by atoms with Crippen molar-refractivity contribution < 1.29 is 4.39 Å². The molecular weight excluding hydrogens is 217 g/mol. The zero-order valence-corrected chi connectivity index (χ0v) is 9.86. The van der Waals surface area contributed by atoms with Crippen LogP contribution in [0.1, 0.15) is 18.3 Å². The second kappa shape index (κ2) is 5.59. The van der Waals surface area contributed by atoms with E-state index in [0.29, 0.717) is 13.1 Å². The van der Waals surface area contributed by atoms with E-state index in [1.807, 2.05) is 12.3 Å². The van der Waals surface area contributed by atoms with Crippen LogP contribution in [-0.2, 0) is 19.6 Å². The number of nitrogens with zero attached hydrogens (tertiary/aromatic N) is 2. The highest BCUT2D eigenvalue weighted by Gasteiger charge is 2.00. The molecule has 17 heavy (non-hydrogen) atoms. The van der Waals surface area contributed by atoms with Gasteiger partial charge in [0.1, 0.15) is 11.6 Å². The molecule has 0 saturated carbocycles. The van der Waals surface area contributed by atoms with Crippen LogP contribution < -0.4 is 5.32 Å². The summed E-state index contributed by atoms with van der Waals surface area (Å²) in [5, 5.41) is 3.26. The number of halogens is 1. The lowest BCUT2D eigenvalue weighted by atomic mass is 10.2. The maximum absolute atomic E-state index is 12.9. The molecule has 0 saturated heterocycles. The number of benzene rings is 1. The molecule has 1 aromatic heterocycles. The zero-order valence-electron chi connectivity index (χ0n) is 9.86. The number of rotatable bonds is 5. The largest absolute Gasteiger partial charge is 0.334 e. The third kappa shape index (κ3) is 3.14. The van der Waals surface area contributed by atoms with Gasteiger partial charge in [-0.3, -0.25) is 0 Å². The first-order valence-electron chi connectivity index (χ1n) is 5.74. The molecule has 0 spiro atoms. The summed E-state index contributed by atoms with van der Waals surface area (Å²) in [5.74, 6) is 0.809. The molecule has 4 heteroatoms. The Morgan fingerprint density at radius 3 is 3.00 bits per heavy atom. The second-order valence-corrected chi connectivity index (χ2v) is 3.86. The van der Waals surface area contributed by atoms with Crippen molar-refractivity contribution >= 4 is 0 Å². The van der Waals surface area contributed by atoms with Gasteiger partial charge in [-0.25, -0.2) is 9.37 Å². The average molecular weight is 233 g/mol. The summed E-state index contributed by atoms with van der Waals surface area (Å²) in [6.07, 6.45) is 3.75. The zero-order chi connectivity index (χ0) is 12.1. The first-order chi connectivity index (χ1) is 8.29.